The summed E-state index contributed by atoms with van der Waals surface area (Å²) < 4.78 is 38.9. The molecular weight excluding hydrogens is 315 g/mol. The predicted octanol–water partition coefficient (Wildman–Crippen LogP) is 3.38. The van der Waals surface area contributed by atoms with Crippen molar-refractivity contribution < 1.29 is 23.1 Å². The number of carboxylic acids is 1. The molecule has 0 saturated carbocycles. The first kappa shape index (κ1) is 14.8. The Kier molecular flexibility index (Phi) is 4.26. The maximum absolute atomic E-state index is 12.8. The summed E-state index contributed by atoms with van der Waals surface area (Å²) in [4.78, 5) is 11.9. The fourth-order valence-corrected chi connectivity index (χ4v) is 1.76. The van der Waals surface area contributed by atoms with Crippen LogP contribution in [0.4, 0.5) is 18.9 Å². The van der Waals surface area contributed by atoms with Gasteiger partial charge in [0.25, 0.3) is 0 Å². The van der Waals surface area contributed by atoms with E-state index in [9.17, 15) is 18.0 Å². The van der Waals surface area contributed by atoms with Gasteiger partial charge in [0.1, 0.15) is 6.04 Å². The molecule has 7 heteroatoms. The van der Waals surface area contributed by atoms with E-state index >= 15 is 0 Å². The van der Waals surface area contributed by atoms with Crippen LogP contribution in [0, 0.1) is 0 Å². The Morgan fingerprint density at radius 1 is 1.44 bits per heavy atom. The number of benzene rings is 1. The molecule has 3 nitrogen and oxygen atoms in total. The lowest BCUT2D eigenvalue weighted by Gasteiger charge is -2.27. The zero-order chi connectivity index (χ0) is 14.1. The average Bonchev–Trinajstić information content (AvgIpc) is 2.25. The molecule has 1 unspecified atom stereocenters. The van der Waals surface area contributed by atoms with Crippen LogP contribution in [0.15, 0.2) is 22.7 Å². The second-order valence-electron chi connectivity index (χ2n) is 3.78. The number of anilines is 1. The number of nitrogens with zero attached hydrogens (tertiary/aromatic N) is 1. The molecule has 0 bridgehead atoms. The third-order valence-electron chi connectivity index (χ3n) is 2.58. The van der Waals surface area contributed by atoms with E-state index in [0.29, 0.717) is 4.47 Å². The van der Waals surface area contributed by atoms with Crippen LogP contribution in [0.3, 0.4) is 0 Å². The fraction of sp³-hybridized carbons (Fsp3) is 0.364. The quantitative estimate of drug-likeness (QED) is 0.926. The molecule has 1 N–H and O–H groups in total. The number of halogens is 4. The van der Waals surface area contributed by atoms with Crippen molar-refractivity contribution in [1.82, 2.24) is 0 Å². The van der Waals surface area contributed by atoms with E-state index in [4.69, 9.17) is 5.11 Å². The number of rotatable bonds is 3. The topological polar surface area (TPSA) is 40.5 Å². The van der Waals surface area contributed by atoms with Gasteiger partial charge in [0, 0.05) is 11.5 Å². The Morgan fingerprint density at radius 3 is 2.44 bits per heavy atom. The van der Waals surface area contributed by atoms with Crippen LogP contribution in [0.1, 0.15) is 12.5 Å². The smallest absolute Gasteiger partial charge is 0.418 e. The van der Waals surface area contributed by atoms with Crippen LogP contribution in [0.25, 0.3) is 0 Å². The normalized spacial score (nSPS) is 13.2. The Bertz CT molecular complexity index is 462. The van der Waals surface area contributed by atoms with Crippen LogP contribution >= 0.6 is 15.9 Å². The van der Waals surface area contributed by atoms with Crippen LogP contribution in [-0.4, -0.2) is 24.2 Å². The van der Waals surface area contributed by atoms with Crippen LogP contribution < -0.4 is 4.90 Å². The highest BCUT2D eigenvalue weighted by Gasteiger charge is 2.35. The molecule has 0 amide bonds. The highest BCUT2D eigenvalue weighted by atomic mass is 79.9. The van der Waals surface area contributed by atoms with Crippen molar-refractivity contribution in [2.75, 3.05) is 11.9 Å². The monoisotopic (exact) mass is 325 g/mol. The molecule has 0 saturated heterocycles. The molecule has 0 aliphatic rings. The zero-order valence-corrected chi connectivity index (χ0v) is 11.2. The summed E-state index contributed by atoms with van der Waals surface area (Å²) in [7, 11) is 1.32. The molecule has 0 aliphatic carbocycles. The van der Waals surface area contributed by atoms with Gasteiger partial charge < -0.3 is 10.0 Å². The summed E-state index contributed by atoms with van der Waals surface area (Å²) in [5, 5.41) is 8.84. The molecule has 0 heterocycles. The lowest BCUT2D eigenvalue weighted by atomic mass is 10.1. The number of hydrogen-bond donors (Lipinski definition) is 1. The largest absolute Gasteiger partial charge is 0.480 e. The van der Waals surface area contributed by atoms with Gasteiger partial charge in [-0.05, 0) is 25.1 Å². The SMILES string of the molecule is CC(C(=O)O)N(C)c1cc(Br)ccc1C(F)(F)F. The van der Waals surface area contributed by atoms with E-state index < -0.39 is 23.8 Å². The van der Waals surface area contributed by atoms with Gasteiger partial charge >= 0.3 is 12.1 Å². The van der Waals surface area contributed by atoms with Crippen molar-refractivity contribution in [2.24, 2.45) is 0 Å². The molecule has 1 aromatic rings. The number of carbonyl (C=O) groups is 1. The Hall–Kier alpha value is -1.24. The van der Waals surface area contributed by atoms with Gasteiger partial charge in [0.15, 0.2) is 0 Å². The van der Waals surface area contributed by atoms with Crippen LogP contribution in [-0.2, 0) is 11.0 Å². The Morgan fingerprint density at radius 2 is 2.00 bits per heavy atom. The van der Waals surface area contributed by atoms with Crippen molar-refractivity contribution in [1.29, 1.82) is 0 Å². The zero-order valence-electron chi connectivity index (χ0n) is 9.62. The molecule has 0 spiro atoms. The van der Waals surface area contributed by atoms with Crippen molar-refractivity contribution in [3.8, 4) is 0 Å². The minimum absolute atomic E-state index is 0.174. The number of likely N-dealkylation sites (N-methyl/N-ethyl adjacent to an activating group) is 1. The molecule has 18 heavy (non-hydrogen) atoms. The molecule has 1 rings (SSSR count). The average molecular weight is 326 g/mol. The maximum atomic E-state index is 12.8. The first-order valence-electron chi connectivity index (χ1n) is 4.97. The van der Waals surface area contributed by atoms with Gasteiger partial charge in [-0.25, -0.2) is 4.79 Å². The lowest BCUT2D eigenvalue weighted by Crippen LogP contribution is -2.37. The Labute approximate surface area is 110 Å². The first-order valence-corrected chi connectivity index (χ1v) is 5.76. The van der Waals surface area contributed by atoms with Crippen molar-refractivity contribution in [3.63, 3.8) is 0 Å². The van der Waals surface area contributed by atoms with E-state index in [1.165, 1.54) is 26.1 Å². The second-order valence-corrected chi connectivity index (χ2v) is 4.70. The van der Waals surface area contributed by atoms with Gasteiger partial charge in [0.2, 0.25) is 0 Å². The van der Waals surface area contributed by atoms with Gasteiger partial charge in [-0.3, -0.25) is 0 Å². The maximum Gasteiger partial charge on any atom is 0.418 e. The number of carboxylic acid groups (broad SMARTS) is 1. The Balaban J connectivity index is 3.29. The van der Waals surface area contributed by atoms with Crippen molar-refractivity contribution in [2.45, 2.75) is 19.1 Å². The molecule has 0 fully saturated rings. The van der Waals surface area contributed by atoms with Gasteiger partial charge in [-0.15, -0.1) is 0 Å². The van der Waals surface area contributed by atoms with E-state index in [1.807, 2.05) is 0 Å². The summed E-state index contributed by atoms with van der Waals surface area (Å²) in [5.41, 5.74) is -1.03. The third-order valence-corrected chi connectivity index (χ3v) is 3.08. The molecular formula is C11H11BrF3NO2. The predicted molar refractivity (Wildman–Crippen MR) is 64.6 cm³/mol. The van der Waals surface area contributed by atoms with E-state index in [-0.39, 0.29) is 5.69 Å². The minimum atomic E-state index is -4.53. The highest BCUT2D eigenvalue weighted by molar-refractivity contribution is 9.10. The van der Waals surface area contributed by atoms with Gasteiger partial charge in [-0.1, -0.05) is 15.9 Å². The van der Waals surface area contributed by atoms with Crippen molar-refractivity contribution in [3.05, 3.63) is 28.2 Å². The lowest BCUT2D eigenvalue weighted by molar-refractivity contribution is -0.139. The summed E-state index contributed by atoms with van der Waals surface area (Å²) in [6.07, 6.45) is -4.53. The molecule has 1 aromatic carbocycles. The molecule has 0 radical (unpaired) electrons. The summed E-state index contributed by atoms with van der Waals surface area (Å²) in [6.45, 7) is 1.32. The molecule has 1 atom stereocenters. The molecule has 0 aliphatic heterocycles. The second kappa shape index (κ2) is 5.17. The fourth-order valence-electron chi connectivity index (χ4n) is 1.41. The number of alkyl halides is 3. The highest BCUT2D eigenvalue weighted by Crippen LogP contribution is 2.38. The van der Waals surface area contributed by atoms with E-state index in [1.54, 1.807) is 0 Å². The number of aliphatic carboxylic acids is 1. The van der Waals surface area contributed by atoms with Gasteiger partial charge in [0.05, 0.1) is 11.3 Å². The van der Waals surface area contributed by atoms with Gasteiger partial charge in [-0.2, -0.15) is 13.2 Å². The third kappa shape index (κ3) is 3.16. The van der Waals surface area contributed by atoms with Crippen molar-refractivity contribution >= 4 is 27.6 Å². The van der Waals surface area contributed by atoms with E-state index in [0.717, 1.165) is 11.0 Å². The summed E-state index contributed by atoms with van der Waals surface area (Å²) in [6, 6.07) is 2.39. The van der Waals surface area contributed by atoms with Crippen LogP contribution in [0.2, 0.25) is 0 Å². The van der Waals surface area contributed by atoms with Crippen LogP contribution in [0.5, 0.6) is 0 Å². The molecule has 0 aromatic heterocycles. The first-order chi connectivity index (χ1) is 8.14. The standard InChI is InChI=1S/C11H11BrF3NO2/c1-6(10(17)18)16(2)9-5-7(12)3-4-8(9)11(13,14)15/h3-6H,1-2H3,(H,17,18). The summed E-state index contributed by atoms with van der Waals surface area (Å²) in [5.74, 6) is -1.19. The molecule has 100 valence electrons. The van der Waals surface area contributed by atoms with E-state index in [2.05, 4.69) is 15.9 Å². The number of hydrogen-bond acceptors (Lipinski definition) is 2. The summed E-state index contributed by atoms with van der Waals surface area (Å²) >= 11 is 3.08. The minimum Gasteiger partial charge on any atom is -0.480 e.